The van der Waals surface area contributed by atoms with Gasteiger partial charge in [0.15, 0.2) is 0 Å². The molecule has 180 valence electrons. The molecule has 0 atom stereocenters. The van der Waals surface area contributed by atoms with E-state index >= 15 is 0 Å². The summed E-state index contributed by atoms with van der Waals surface area (Å²) in [6, 6.07) is 13.5. The van der Waals surface area contributed by atoms with Crippen LogP contribution in [-0.2, 0) is 6.54 Å². The second kappa shape index (κ2) is 8.95. The lowest BCUT2D eigenvalue weighted by Gasteiger charge is -2.47. The standard InChI is InChI=1S/C27H27ClN4O2S/c28-21-3-1-2-19-18-32(26(34)24(19)21)23-5-4-22(35-23)25(33)31-16-10-27(11-17-31)8-14-30(15-9-27)20-6-12-29-13-7-20/h1-7,12-13H,8-11,14-18H2. The van der Waals surface area contributed by atoms with Crippen molar-refractivity contribution in [2.45, 2.75) is 32.2 Å². The van der Waals surface area contributed by atoms with Crippen LogP contribution in [-0.4, -0.2) is 47.9 Å². The van der Waals surface area contributed by atoms with E-state index in [9.17, 15) is 9.59 Å². The zero-order valence-electron chi connectivity index (χ0n) is 19.5. The minimum absolute atomic E-state index is 0.0764. The third-order valence-electron chi connectivity index (χ3n) is 7.92. The van der Waals surface area contributed by atoms with Crippen LogP contribution in [0.25, 0.3) is 0 Å². The van der Waals surface area contributed by atoms with Crippen LogP contribution in [0.5, 0.6) is 0 Å². The van der Waals surface area contributed by atoms with Crippen LogP contribution in [0.15, 0.2) is 54.9 Å². The maximum Gasteiger partial charge on any atom is 0.263 e. The molecule has 2 fully saturated rings. The van der Waals surface area contributed by atoms with E-state index in [0.29, 0.717) is 27.4 Å². The highest BCUT2D eigenvalue weighted by Crippen LogP contribution is 2.43. The average Bonchev–Trinajstić information content (AvgIpc) is 3.51. The summed E-state index contributed by atoms with van der Waals surface area (Å²) >= 11 is 7.66. The van der Waals surface area contributed by atoms with Gasteiger partial charge < -0.3 is 9.80 Å². The maximum atomic E-state index is 13.3. The van der Waals surface area contributed by atoms with Crippen molar-refractivity contribution in [3.8, 4) is 0 Å². The lowest BCUT2D eigenvalue weighted by molar-refractivity contribution is 0.0519. The van der Waals surface area contributed by atoms with Crippen molar-refractivity contribution >= 4 is 45.4 Å². The molecule has 6 nitrogen and oxygen atoms in total. The van der Waals surface area contributed by atoms with Crippen LogP contribution in [0, 0.1) is 5.41 Å². The van der Waals surface area contributed by atoms with E-state index in [2.05, 4.69) is 22.0 Å². The molecule has 2 saturated heterocycles. The average molecular weight is 507 g/mol. The van der Waals surface area contributed by atoms with E-state index in [-0.39, 0.29) is 11.8 Å². The Balaban J connectivity index is 1.07. The number of fused-ring (bicyclic) bond motifs is 1. The Morgan fingerprint density at radius 1 is 0.943 bits per heavy atom. The van der Waals surface area contributed by atoms with Crippen molar-refractivity contribution in [3.63, 3.8) is 0 Å². The molecule has 0 N–H and O–H groups in total. The number of nitrogens with zero attached hydrogens (tertiary/aromatic N) is 4. The zero-order valence-corrected chi connectivity index (χ0v) is 21.0. The monoisotopic (exact) mass is 506 g/mol. The lowest BCUT2D eigenvalue weighted by Crippen LogP contribution is -2.48. The first-order valence-corrected chi connectivity index (χ1v) is 13.4. The minimum Gasteiger partial charge on any atom is -0.371 e. The number of aromatic nitrogens is 1. The maximum absolute atomic E-state index is 13.3. The van der Waals surface area contributed by atoms with Gasteiger partial charge >= 0.3 is 0 Å². The van der Waals surface area contributed by atoms with Crippen LogP contribution in [0.4, 0.5) is 10.7 Å². The molecule has 1 spiro atoms. The van der Waals surface area contributed by atoms with E-state index in [1.54, 1.807) is 11.0 Å². The van der Waals surface area contributed by atoms with E-state index in [1.165, 1.54) is 29.9 Å². The smallest absolute Gasteiger partial charge is 0.263 e. The number of likely N-dealkylation sites (tertiary alicyclic amines) is 1. The number of thiophene rings is 1. The fourth-order valence-electron chi connectivity index (χ4n) is 5.72. The van der Waals surface area contributed by atoms with Crippen molar-refractivity contribution in [3.05, 3.63) is 75.9 Å². The van der Waals surface area contributed by atoms with Crippen LogP contribution in [0.1, 0.15) is 51.3 Å². The summed E-state index contributed by atoms with van der Waals surface area (Å²) in [5.41, 5.74) is 3.10. The van der Waals surface area contributed by atoms with E-state index in [0.717, 1.165) is 49.6 Å². The predicted octanol–water partition coefficient (Wildman–Crippen LogP) is 5.48. The summed E-state index contributed by atoms with van der Waals surface area (Å²) < 4.78 is 0. The number of benzene rings is 1. The molecule has 1 aromatic carbocycles. The first-order valence-electron chi connectivity index (χ1n) is 12.2. The van der Waals surface area contributed by atoms with Crippen LogP contribution < -0.4 is 9.80 Å². The molecule has 35 heavy (non-hydrogen) atoms. The molecule has 0 radical (unpaired) electrons. The Kier molecular flexibility index (Phi) is 5.77. The van der Waals surface area contributed by atoms with Gasteiger partial charge in [0.1, 0.15) is 0 Å². The van der Waals surface area contributed by atoms with Crippen LogP contribution >= 0.6 is 22.9 Å². The molecule has 3 aliphatic heterocycles. The summed E-state index contributed by atoms with van der Waals surface area (Å²) in [6.45, 7) is 4.20. The summed E-state index contributed by atoms with van der Waals surface area (Å²) in [4.78, 5) is 37.2. The highest BCUT2D eigenvalue weighted by Gasteiger charge is 2.39. The number of amides is 2. The molecule has 0 bridgehead atoms. The first kappa shape index (κ1) is 22.6. The molecule has 6 rings (SSSR count). The van der Waals surface area contributed by atoms with Crippen molar-refractivity contribution in [1.29, 1.82) is 0 Å². The molecule has 8 heteroatoms. The predicted molar refractivity (Wildman–Crippen MR) is 140 cm³/mol. The number of carbonyl (C=O) groups is 2. The Labute approximate surface area is 214 Å². The van der Waals surface area contributed by atoms with Gasteiger partial charge in [-0.2, -0.15) is 0 Å². The second-order valence-electron chi connectivity index (χ2n) is 9.79. The second-order valence-corrected chi connectivity index (χ2v) is 11.3. The number of pyridine rings is 1. The largest absolute Gasteiger partial charge is 0.371 e. The van der Waals surface area contributed by atoms with E-state index in [1.807, 2.05) is 41.6 Å². The number of carbonyl (C=O) groups excluding carboxylic acids is 2. The van der Waals surface area contributed by atoms with Gasteiger partial charge in [0.2, 0.25) is 0 Å². The number of anilines is 2. The molecule has 2 aromatic heterocycles. The fourth-order valence-corrected chi connectivity index (χ4v) is 6.96. The van der Waals surface area contributed by atoms with Gasteiger partial charge in [0.05, 0.1) is 27.0 Å². The van der Waals surface area contributed by atoms with E-state index in [4.69, 9.17) is 11.6 Å². The minimum atomic E-state index is -0.0931. The summed E-state index contributed by atoms with van der Waals surface area (Å²) in [5.74, 6) is -0.0167. The molecule has 3 aromatic rings. The number of hydrogen-bond donors (Lipinski definition) is 0. The normalized spacial score (nSPS) is 19.3. The van der Waals surface area contributed by atoms with Gasteiger partial charge in [-0.25, -0.2) is 0 Å². The highest BCUT2D eigenvalue weighted by atomic mass is 35.5. The molecular formula is C27H27ClN4O2S. The fraction of sp³-hybridized carbons (Fsp3) is 0.370. The molecule has 5 heterocycles. The Morgan fingerprint density at radius 2 is 1.66 bits per heavy atom. The molecule has 3 aliphatic rings. The van der Waals surface area contributed by atoms with Gasteiger partial charge in [-0.05, 0) is 67.0 Å². The van der Waals surface area contributed by atoms with Gasteiger partial charge in [-0.1, -0.05) is 23.7 Å². The topological polar surface area (TPSA) is 56.8 Å². The van der Waals surface area contributed by atoms with Crippen molar-refractivity contribution in [2.75, 3.05) is 36.0 Å². The third kappa shape index (κ3) is 4.10. The van der Waals surface area contributed by atoms with Crippen molar-refractivity contribution < 1.29 is 9.59 Å². The number of hydrogen-bond acceptors (Lipinski definition) is 5. The van der Waals surface area contributed by atoms with Crippen molar-refractivity contribution in [2.24, 2.45) is 5.41 Å². The van der Waals surface area contributed by atoms with E-state index < -0.39 is 0 Å². The zero-order chi connectivity index (χ0) is 24.0. The Bertz CT molecular complexity index is 1260. The molecule has 2 amide bonds. The first-order chi connectivity index (χ1) is 17.0. The number of rotatable bonds is 3. The molecule has 0 unspecified atom stereocenters. The quantitative estimate of drug-likeness (QED) is 0.472. The Hall–Kier alpha value is -2.90. The molecule has 0 aliphatic carbocycles. The lowest BCUT2D eigenvalue weighted by atomic mass is 9.71. The van der Waals surface area contributed by atoms with Crippen molar-refractivity contribution in [1.82, 2.24) is 9.88 Å². The SMILES string of the molecule is O=C(c1ccc(N2Cc3cccc(Cl)c3C2=O)s1)N1CCC2(CC1)CCN(c1ccncc1)CC2. The molecule has 0 saturated carbocycles. The van der Waals surface area contributed by atoms with Crippen LogP contribution in [0.3, 0.4) is 0 Å². The van der Waals surface area contributed by atoms with Gasteiger partial charge in [0, 0.05) is 44.3 Å². The van der Waals surface area contributed by atoms with Gasteiger partial charge in [0.25, 0.3) is 11.8 Å². The number of halogens is 1. The van der Waals surface area contributed by atoms with Crippen LogP contribution in [0.2, 0.25) is 5.02 Å². The van der Waals surface area contributed by atoms with Gasteiger partial charge in [-0.3, -0.25) is 19.5 Å². The third-order valence-corrected chi connectivity index (χ3v) is 9.33. The van der Waals surface area contributed by atoms with Gasteiger partial charge in [-0.15, -0.1) is 11.3 Å². The Morgan fingerprint density at radius 3 is 2.37 bits per heavy atom. The molecular weight excluding hydrogens is 480 g/mol. The summed E-state index contributed by atoms with van der Waals surface area (Å²) in [5, 5.41) is 1.28. The number of piperidine rings is 2. The highest BCUT2D eigenvalue weighted by molar-refractivity contribution is 7.18. The summed E-state index contributed by atoms with van der Waals surface area (Å²) in [6.07, 6.45) is 8.15. The summed E-state index contributed by atoms with van der Waals surface area (Å²) in [7, 11) is 0.